The smallest absolute Gasteiger partial charge is 0.330 e. The van der Waals surface area contributed by atoms with Crippen molar-refractivity contribution in [2.24, 2.45) is 5.73 Å². The number of unbranched alkanes of at least 4 members (excludes halogenated alkanes) is 34. The zero-order valence-electron chi connectivity index (χ0n) is 28.9. The van der Waals surface area contributed by atoms with Crippen LogP contribution >= 0.6 is 7.82 Å². The van der Waals surface area contributed by atoms with E-state index in [9.17, 15) is 4.57 Å². The maximum Gasteiger partial charge on any atom is 0.469 e. The standard InChI is InChI=1S/C37H78NO4P/c38-36-34-32-30-28-26-24-22-20-18-16-14-12-10-8-6-4-2-1-3-5-7-9-11-13-15-17-19-21-23-25-27-29-31-33-35-37-42-43(39,40)41/h1-38H2,(H2,39,40,41). The summed E-state index contributed by atoms with van der Waals surface area (Å²) < 4.78 is 15.1. The highest BCUT2D eigenvalue weighted by atomic mass is 31.2. The molecule has 260 valence electrons. The average molecular weight is 632 g/mol. The van der Waals surface area contributed by atoms with Crippen LogP contribution in [0.3, 0.4) is 0 Å². The monoisotopic (exact) mass is 632 g/mol. The first-order chi connectivity index (χ1) is 21.1. The number of rotatable bonds is 38. The number of phosphoric ester groups is 1. The fourth-order valence-electron chi connectivity index (χ4n) is 6.26. The van der Waals surface area contributed by atoms with E-state index in [2.05, 4.69) is 4.52 Å². The van der Waals surface area contributed by atoms with E-state index in [4.69, 9.17) is 15.5 Å². The van der Waals surface area contributed by atoms with Crippen LogP contribution in [0, 0.1) is 0 Å². The molecule has 0 bridgehead atoms. The fourth-order valence-corrected chi connectivity index (χ4v) is 6.63. The Morgan fingerprint density at radius 1 is 0.326 bits per heavy atom. The van der Waals surface area contributed by atoms with Crippen molar-refractivity contribution in [1.82, 2.24) is 0 Å². The van der Waals surface area contributed by atoms with Gasteiger partial charge in [-0.15, -0.1) is 0 Å². The largest absolute Gasteiger partial charge is 0.469 e. The van der Waals surface area contributed by atoms with Gasteiger partial charge in [-0.3, -0.25) is 4.52 Å². The minimum Gasteiger partial charge on any atom is -0.330 e. The molecule has 0 heterocycles. The van der Waals surface area contributed by atoms with Gasteiger partial charge in [0, 0.05) is 0 Å². The lowest BCUT2D eigenvalue weighted by Gasteiger charge is -2.05. The van der Waals surface area contributed by atoms with Gasteiger partial charge in [0.1, 0.15) is 0 Å². The summed E-state index contributed by atoms with van der Waals surface area (Å²) in [6.07, 6.45) is 48.2. The zero-order valence-corrected chi connectivity index (χ0v) is 29.8. The molecule has 6 heteroatoms. The van der Waals surface area contributed by atoms with Gasteiger partial charge in [-0.2, -0.15) is 0 Å². The molecular formula is C37H78NO4P. The predicted molar refractivity (Wildman–Crippen MR) is 189 cm³/mol. The third-order valence-electron chi connectivity index (χ3n) is 9.11. The summed E-state index contributed by atoms with van der Waals surface area (Å²) in [5, 5.41) is 0. The van der Waals surface area contributed by atoms with Crippen LogP contribution in [0.2, 0.25) is 0 Å². The number of hydrogen-bond acceptors (Lipinski definition) is 3. The van der Waals surface area contributed by atoms with Crippen LogP contribution in [0.1, 0.15) is 225 Å². The molecule has 0 amide bonds. The molecule has 0 aliphatic rings. The third-order valence-corrected chi connectivity index (χ3v) is 9.63. The summed E-state index contributed by atoms with van der Waals surface area (Å²) in [7, 11) is -4.27. The Kier molecular flexibility index (Phi) is 36.6. The van der Waals surface area contributed by atoms with Crippen molar-refractivity contribution < 1.29 is 18.9 Å². The summed E-state index contributed by atoms with van der Waals surface area (Å²) in [5.74, 6) is 0. The molecule has 43 heavy (non-hydrogen) atoms. The highest BCUT2D eigenvalue weighted by Gasteiger charge is 2.12. The summed E-state index contributed by atoms with van der Waals surface area (Å²) in [6, 6.07) is 0. The molecule has 0 aliphatic heterocycles. The van der Waals surface area contributed by atoms with Crippen molar-refractivity contribution in [1.29, 1.82) is 0 Å². The Bertz CT molecular complexity index is 557. The quantitative estimate of drug-likeness (QED) is 0.0465. The molecule has 0 aromatic carbocycles. The minimum absolute atomic E-state index is 0.169. The van der Waals surface area contributed by atoms with Crippen LogP contribution in [0.25, 0.3) is 0 Å². The van der Waals surface area contributed by atoms with Gasteiger partial charge in [0.2, 0.25) is 0 Å². The van der Waals surface area contributed by atoms with E-state index >= 15 is 0 Å². The maximum atomic E-state index is 10.6. The molecule has 0 atom stereocenters. The lowest BCUT2D eigenvalue weighted by Crippen LogP contribution is -1.97. The van der Waals surface area contributed by atoms with E-state index in [0.717, 1.165) is 25.8 Å². The first-order valence-electron chi connectivity index (χ1n) is 19.5. The molecule has 0 aliphatic carbocycles. The van der Waals surface area contributed by atoms with Gasteiger partial charge < -0.3 is 15.5 Å². The van der Waals surface area contributed by atoms with Gasteiger partial charge >= 0.3 is 7.82 Å². The van der Waals surface area contributed by atoms with Gasteiger partial charge in [-0.1, -0.05) is 212 Å². The Labute approximate surface area is 269 Å². The summed E-state index contributed by atoms with van der Waals surface area (Å²) in [6.45, 7) is 1.03. The number of nitrogens with two attached hydrogens (primary N) is 1. The highest BCUT2D eigenvalue weighted by molar-refractivity contribution is 7.46. The lowest BCUT2D eigenvalue weighted by molar-refractivity contribution is 0.193. The molecular weight excluding hydrogens is 553 g/mol. The molecule has 0 saturated carbocycles. The average Bonchev–Trinajstić information content (AvgIpc) is 2.98. The zero-order chi connectivity index (χ0) is 31.4. The Morgan fingerprint density at radius 3 is 0.651 bits per heavy atom. The van der Waals surface area contributed by atoms with Crippen molar-refractivity contribution in [2.45, 2.75) is 225 Å². The molecule has 0 radical (unpaired) electrons. The van der Waals surface area contributed by atoms with Crippen LogP contribution in [-0.4, -0.2) is 22.9 Å². The molecule has 0 spiro atoms. The molecule has 0 unspecified atom stereocenters. The van der Waals surface area contributed by atoms with Crippen LogP contribution in [-0.2, 0) is 9.09 Å². The van der Waals surface area contributed by atoms with Crippen molar-refractivity contribution in [3.8, 4) is 0 Å². The summed E-state index contributed by atoms with van der Waals surface area (Å²) in [5.41, 5.74) is 5.55. The summed E-state index contributed by atoms with van der Waals surface area (Å²) in [4.78, 5) is 17.3. The van der Waals surface area contributed by atoms with Gasteiger partial charge in [0.15, 0.2) is 0 Å². The first kappa shape index (κ1) is 43.1. The Morgan fingerprint density at radius 2 is 0.488 bits per heavy atom. The molecule has 0 saturated heterocycles. The second-order valence-electron chi connectivity index (χ2n) is 13.5. The maximum absolute atomic E-state index is 10.6. The SMILES string of the molecule is NCCCCCCCCCCCCCCCCCCCCCCCCCCCCCCCCCCCCCOP(=O)(O)O. The number of hydrogen-bond donors (Lipinski definition) is 3. The third kappa shape index (κ3) is 42.1. The van der Waals surface area contributed by atoms with Gasteiger partial charge in [0.25, 0.3) is 0 Å². The van der Waals surface area contributed by atoms with E-state index < -0.39 is 7.82 Å². The fraction of sp³-hybridized carbons (Fsp3) is 1.00. The van der Waals surface area contributed by atoms with Gasteiger partial charge in [-0.05, 0) is 19.4 Å². The topological polar surface area (TPSA) is 92.8 Å². The van der Waals surface area contributed by atoms with Crippen LogP contribution < -0.4 is 5.73 Å². The minimum atomic E-state index is -4.27. The molecule has 0 aromatic rings. The van der Waals surface area contributed by atoms with Gasteiger partial charge in [0.05, 0.1) is 6.61 Å². The summed E-state index contributed by atoms with van der Waals surface area (Å²) >= 11 is 0. The second-order valence-corrected chi connectivity index (χ2v) is 14.7. The van der Waals surface area contributed by atoms with E-state index in [0.29, 0.717) is 0 Å². The van der Waals surface area contributed by atoms with Crippen molar-refractivity contribution in [2.75, 3.05) is 13.2 Å². The molecule has 0 fully saturated rings. The molecule has 0 rings (SSSR count). The number of phosphoric acid groups is 1. The molecule has 4 N–H and O–H groups in total. The Balaban J connectivity index is 3.05. The van der Waals surface area contributed by atoms with Crippen molar-refractivity contribution in [3.05, 3.63) is 0 Å². The van der Waals surface area contributed by atoms with E-state index in [1.54, 1.807) is 0 Å². The molecule has 0 aromatic heterocycles. The van der Waals surface area contributed by atoms with Gasteiger partial charge in [-0.25, -0.2) is 4.57 Å². The van der Waals surface area contributed by atoms with Crippen LogP contribution in [0.15, 0.2) is 0 Å². The lowest BCUT2D eigenvalue weighted by atomic mass is 10.0. The first-order valence-corrected chi connectivity index (χ1v) is 21.0. The highest BCUT2D eigenvalue weighted by Crippen LogP contribution is 2.35. The van der Waals surface area contributed by atoms with Crippen molar-refractivity contribution >= 4 is 7.82 Å². The van der Waals surface area contributed by atoms with Crippen molar-refractivity contribution in [3.63, 3.8) is 0 Å². The second kappa shape index (κ2) is 36.5. The van der Waals surface area contributed by atoms with E-state index in [1.807, 2.05) is 0 Å². The van der Waals surface area contributed by atoms with Crippen LogP contribution in [0.4, 0.5) is 0 Å². The molecule has 5 nitrogen and oxygen atoms in total. The predicted octanol–water partition coefficient (Wildman–Crippen LogP) is 12.7. The Hall–Kier alpha value is 0.0700. The van der Waals surface area contributed by atoms with E-state index in [1.165, 1.54) is 205 Å². The normalized spacial score (nSPS) is 12.0. The van der Waals surface area contributed by atoms with E-state index in [-0.39, 0.29) is 6.61 Å². The van der Waals surface area contributed by atoms with Crippen LogP contribution in [0.5, 0.6) is 0 Å².